The lowest BCUT2D eigenvalue weighted by molar-refractivity contribution is 0.318. The number of rotatable bonds is 9. The van der Waals surface area contributed by atoms with Crippen LogP contribution in [0.3, 0.4) is 0 Å². The Morgan fingerprint density at radius 3 is 2.56 bits per heavy atom. The average Bonchev–Trinajstić information content (AvgIpc) is 2.37. The van der Waals surface area contributed by atoms with E-state index < -0.39 is 0 Å². The van der Waals surface area contributed by atoms with Gasteiger partial charge in [-0.05, 0) is 35.6 Å². The summed E-state index contributed by atoms with van der Waals surface area (Å²) in [6, 6.07) is 8.91. The van der Waals surface area contributed by atoms with E-state index in [9.17, 15) is 0 Å². The van der Waals surface area contributed by atoms with Crippen LogP contribution in [0.1, 0.15) is 32.8 Å². The molecule has 102 valence electrons. The van der Waals surface area contributed by atoms with Crippen LogP contribution in [0.4, 0.5) is 0 Å². The van der Waals surface area contributed by atoms with E-state index in [4.69, 9.17) is 4.74 Å². The monoisotopic (exact) mass is 267 g/mol. The summed E-state index contributed by atoms with van der Waals surface area (Å²) in [6.45, 7) is 8.24. The van der Waals surface area contributed by atoms with Crippen LogP contribution in [0.25, 0.3) is 0 Å². The number of hydrogen-bond acceptors (Lipinski definition) is 3. The van der Waals surface area contributed by atoms with Crippen molar-refractivity contribution in [1.82, 2.24) is 5.32 Å². The molecule has 0 radical (unpaired) electrons. The Hall–Kier alpha value is -0.670. The lowest BCUT2D eigenvalue weighted by atomic mass is 10.2. The van der Waals surface area contributed by atoms with Gasteiger partial charge in [-0.3, -0.25) is 0 Å². The maximum Gasteiger partial charge on any atom is 0.119 e. The van der Waals surface area contributed by atoms with Gasteiger partial charge in [0.2, 0.25) is 0 Å². The summed E-state index contributed by atoms with van der Waals surface area (Å²) in [7, 11) is 0. The maximum absolute atomic E-state index is 5.70. The minimum Gasteiger partial charge on any atom is -0.494 e. The highest BCUT2D eigenvalue weighted by Crippen LogP contribution is 2.13. The first kappa shape index (κ1) is 15.4. The molecule has 0 heterocycles. The van der Waals surface area contributed by atoms with E-state index in [2.05, 4.69) is 50.4 Å². The normalized spacial score (nSPS) is 10.9. The zero-order valence-corrected chi connectivity index (χ0v) is 12.6. The molecular formula is C15H25NOS. The summed E-state index contributed by atoms with van der Waals surface area (Å²) in [4.78, 5) is 0. The quantitative estimate of drug-likeness (QED) is 0.689. The Morgan fingerprint density at radius 1 is 1.22 bits per heavy atom. The van der Waals surface area contributed by atoms with Crippen molar-refractivity contribution in [2.45, 2.75) is 39.8 Å². The summed E-state index contributed by atoms with van der Waals surface area (Å²) in [5, 5.41) is 3.40. The predicted molar refractivity (Wildman–Crippen MR) is 81.5 cm³/mol. The molecule has 0 saturated carbocycles. The molecule has 0 aromatic heterocycles. The number of benzene rings is 1. The van der Waals surface area contributed by atoms with Crippen LogP contribution < -0.4 is 10.1 Å². The van der Waals surface area contributed by atoms with Crippen molar-refractivity contribution in [3.05, 3.63) is 29.8 Å². The Labute approximate surface area is 116 Å². The second kappa shape index (κ2) is 9.29. The van der Waals surface area contributed by atoms with Crippen LogP contribution in [0.15, 0.2) is 24.3 Å². The molecule has 1 N–H and O–H groups in total. The first-order valence-electron chi connectivity index (χ1n) is 6.75. The highest BCUT2D eigenvalue weighted by atomic mass is 32.2. The molecule has 0 atom stereocenters. The molecule has 3 heteroatoms. The SMILES string of the molecule is CCSCCCOc1ccc(CNC(C)C)cc1. The van der Waals surface area contributed by atoms with Gasteiger partial charge in [0.05, 0.1) is 6.61 Å². The molecule has 0 aliphatic rings. The summed E-state index contributed by atoms with van der Waals surface area (Å²) in [6.07, 6.45) is 1.12. The lowest BCUT2D eigenvalue weighted by Crippen LogP contribution is -2.21. The Bertz CT molecular complexity index is 311. The molecule has 0 bridgehead atoms. The van der Waals surface area contributed by atoms with Gasteiger partial charge in [-0.15, -0.1) is 0 Å². The Balaban J connectivity index is 2.23. The molecule has 1 aromatic rings. The minimum atomic E-state index is 0.525. The van der Waals surface area contributed by atoms with Crippen LogP contribution in [-0.2, 0) is 6.54 Å². The maximum atomic E-state index is 5.70. The van der Waals surface area contributed by atoms with Crippen molar-refractivity contribution in [2.75, 3.05) is 18.1 Å². The highest BCUT2D eigenvalue weighted by molar-refractivity contribution is 7.99. The molecule has 0 spiro atoms. The second-order valence-corrected chi connectivity index (χ2v) is 5.97. The molecule has 18 heavy (non-hydrogen) atoms. The molecule has 0 unspecified atom stereocenters. The predicted octanol–water partition coefficient (Wildman–Crippen LogP) is 3.71. The lowest BCUT2D eigenvalue weighted by Gasteiger charge is -2.09. The van der Waals surface area contributed by atoms with Gasteiger partial charge in [0, 0.05) is 12.6 Å². The average molecular weight is 267 g/mol. The molecule has 0 aliphatic heterocycles. The first-order valence-corrected chi connectivity index (χ1v) is 7.90. The number of hydrogen-bond donors (Lipinski definition) is 1. The molecule has 2 nitrogen and oxygen atoms in total. The van der Waals surface area contributed by atoms with E-state index in [1.54, 1.807) is 0 Å². The van der Waals surface area contributed by atoms with E-state index in [0.29, 0.717) is 6.04 Å². The third kappa shape index (κ3) is 6.92. The van der Waals surface area contributed by atoms with Crippen LogP contribution in [0.2, 0.25) is 0 Å². The first-order chi connectivity index (χ1) is 8.72. The Morgan fingerprint density at radius 2 is 1.94 bits per heavy atom. The summed E-state index contributed by atoms with van der Waals surface area (Å²) in [5.74, 6) is 3.36. The highest BCUT2D eigenvalue weighted by Gasteiger charge is 1.97. The van der Waals surface area contributed by atoms with Crippen molar-refractivity contribution >= 4 is 11.8 Å². The van der Waals surface area contributed by atoms with Crippen LogP contribution >= 0.6 is 11.8 Å². The zero-order valence-electron chi connectivity index (χ0n) is 11.7. The third-order valence-electron chi connectivity index (χ3n) is 2.54. The smallest absolute Gasteiger partial charge is 0.119 e. The van der Waals surface area contributed by atoms with E-state index in [0.717, 1.165) is 25.3 Å². The van der Waals surface area contributed by atoms with Gasteiger partial charge in [0.1, 0.15) is 5.75 Å². The topological polar surface area (TPSA) is 21.3 Å². The van der Waals surface area contributed by atoms with Gasteiger partial charge < -0.3 is 10.1 Å². The molecule has 0 amide bonds. The number of ether oxygens (including phenoxy) is 1. The molecule has 0 aliphatic carbocycles. The third-order valence-corrected chi connectivity index (χ3v) is 3.53. The fourth-order valence-electron chi connectivity index (χ4n) is 1.52. The Kier molecular flexibility index (Phi) is 7.94. The van der Waals surface area contributed by atoms with E-state index in [1.807, 2.05) is 11.8 Å². The van der Waals surface area contributed by atoms with E-state index in [1.165, 1.54) is 17.1 Å². The number of nitrogens with one attached hydrogen (secondary N) is 1. The molecule has 0 fully saturated rings. The van der Waals surface area contributed by atoms with Gasteiger partial charge in [0.25, 0.3) is 0 Å². The van der Waals surface area contributed by atoms with Gasteiger partial charge in [-0.1, -0.05) is 32.9 Å². The molecule has 0 saturated heterocycles. The summed E-state index contributed by atoms with van der Waals surface area (Å²) < 4.78 is 5.70. The van der Waals surface area contributed by atoms with Gasteiger partial charge >= 0.3 is 0 Å². The van der Waals surface area contributed by atoms with Gasteiger partial charge in [-0.25, -0.2) is 0 Å². The van der Waals surface area contributed by atoms with Crippen LogP contribution in [0, 0.1) is 0 Å². The zero-order chi connectivity index (χ0) is 13.2. The molecule has 1 rings (SSSR count). The fraction of sp³-hybridized carbons (Fsp3) is 0.600. The van der Waals surface area contributed by atoms with E-state index in [-0.39, 0.29) is 0 Å². The standard InChI is InChI=1S/C15H25NOS/c1-4-18-11-5-10-17-15-8-6-14(7-9-15)12-16-13(2)3/h6-9,13,16H,4-5,10-12H2,1-3H3. The van der Waals surface area contributed by atoms with Crippen molar-refractivity contribution in [1.29, 1.82) is 0 Å². The summed E-state index contributed by atoms with van der Waals surface area (Å²) >= 11 is 1.97. The van der Waals surface area contributed by atoms with Crippen molar-refractivity contribution in [2.24, 2.45) is 0 Å². The van der Waals surface area contributed by atoms with Crippen LogP contribution in [-0.4, -0.2) is 24.2 Å². The van der Waals surface area contributed by atoms with Crippen molar-refractivity contribution in [3.8, 4) is 5.75 Å². The van der Waals surface area contributed by atoms with Gasteiger partial charge in [-0.2, -0.15) is 11.8 Å². The molecule has 1 aromatic carbocycles. The van der Waals surface area contributed by atoms with E-state index >= 15 is 0 Å². The van der Waals surface area contributed by atoms with Crippen molar-refractivity contribution < 1.29 is 4.74 Å². The molecular weight excluding hydrogens is 242 g/mol. The summed E-state index contributed by atoms with van der Waals surface area (Å²) in [5.41, 5.74) is 1.30. The number of thioether (sulfide) groups is 1. The fourth-order valence-corrected chi connectivity index (χ4v) is 2.13. The van der Waals surface area contributed by atoms with Crippen LogP contribution in [0.5, 0.6) is 5.75 Å². The van der Waals surface area contributed by atoms with Crippen molar-refractivity contribution in [3.63, 3.8) is 0 Å². The largest absolute Gasteiger partial charge is 0.494 e. The minimum absolute atomic E-state index is 0.525. The van der Waals surface area contributed by atoms with Gasteiger partial charge in [0.15, 0.2) is 0 Å². The second-order valence-electron chi connectivity index (χ2n) is 4.58.